The summed E-state index contributed by atoms with van der Waals surface area (Å²) in [7, 11) is 0. The number of hydrogen-bond acceptors (Lipinski definition) is 5. The molecule has 1 aliphatic carbocycles. The van der Waals surface area contributed by atoms with Crippen LogP contribution in [0.25, 0.3) is 61.7 Å². The standard InChI is InChI=1S/C39H25N3O2/c1-3-12-24(13-4-1)37-40-38(25-14-5-2-6-15-25)42-39(41-37)35-27(22-23-33-34(35)30-17-8-10-21-32(30)43-33)29-19-11-18-28-26-16-7-9-20-31(26)44-36(28)29/h1-17,19-23,28H,18H2. The van der Waals surface area contributed by atoms with Crippen LogP contribution in [0.5, 0.6) is 5.75 Å². The molecule has 2 aliphatic rings. The molecule has 1 aliphatic heterocycles. The van der Waals surface area contributed by atoms with E-state index in [0.717, 1.165) is 67.7 Å². The van der Waals surface area contributed by atoms with E-state index < -0.39 is 0 Å². The summed E-state index contributed by atoms with van der Waals surface area (Å²) in [6.07, 6.45) is 5.32. The van der Waals surface area contributed by atoms with Gasteiger partial charge in [-0.3, -0.25) is 0 Å². The van der Waals surface area contributed by atoms with E-state index in [1.54, 1.807) is 0 Å². The van der Waals surface area contributed by atoms with Gasteiger partial charge in [0.2, 0.25) is 0 Å². The van der Waals surface area contributed by atoms with E-state index in [0.29, 0.717) is 17.5 Å². The van der Waals surface area contributed by atoms with Crippen LogP contribution in [-0.4, -0.2) is 15.0 Å². The second kappa shape index (κ2) is 9.89. The number of benzene rings is 5. The fourth-order valence-corrected chi connectivity index (χ4v) is 6.49. The van der Waals surface area contributed by atoms with E-state index in [1.165, 1.54) is 5.56 Å². The van der Waals surface area contributed by atoms with Crippen molar-refractivity contribution < 1.29 is 9.15 Å². The minimum Gasteiger partial charge on any atom is -0.460 e. The first kappa shape index (κ1) is 24.8. The predicted octanol–water partition coefficient (Wildman–Crippen LogP) is 9.62. The Morgan fingerprint density at radius 1 is 0.591 bits per heavy atom. The first-order chi connectivity index (χ1) is 21.8. The third-order valence-electron chi connectivity index (χ3n) is 8.51. The van der Waals surface area contributed by atoms with Gasteiger partial charge >= 0.3 is 0 Å². The number of fused-ring (bicyclic) bond motifs is 6. The van der Waals surface area contributed by atoms with Crippen molar-refractivity contribution in [3.63, 3.8) is 0 Å². The fourth-order valence-electron chi connectivity index (χ4n) is 6.49. The molecule has 0 radical (unpaired) electrons. The van der Waals surface area contributed by atoms with E-state index in [4.69, 9.17) is 24.1 Å². The quantitative estimate of drug-likeness (QED) is 0.212. The smallest absolute Gasteiger partial charge is 0.165 e. The molecular formula is C39H25N3O2. The van der Waals surface area contributed by atoms with Crippen LogP contribution < -0.4 is 4.74 Å². The highest BCUT2D eigenvalue weighted by Gasteiger charge is 2.34. The fraction of sp³-hybridized carbons (Fsp3) is 0.0513. The zero-order chi connectivity index (χ0) is 29.0. The van der Waals surface area contributed by atoms with Gasteiger partial charge in [0, 0.05) is 44.5 Å². The van der Waals surface area contributed by atoms with E-state index in [-0.39, 0.29) is 5.92 Å². The molecule has 1 unspecified atom stereocenters. The number of nitrogens with zero attached hydrogens (tertiary/aromatic N) is 3. The van der Waals surface area contributed by atoms with Gasteiger partial charge in [-0.1, -0.05) is 109 Å². The zero-order valence-corrected chi connectivity index (χ0v) is 23.6. The van der Waals surface area contributed by atoms with Crippen LogP contribution in [0.2, 0.25) is 0 Å². The van der Waals surface area contributed by atoms with E-state index in [9.17, 15) is 0 Å². The third kappa shape index (κ3) is 3.90. The average Bonchev–Trinajstić information content (AvgIpc) is 3.67. The molecule has 208 valence electrons. The number of para-hydroxylation sites is 2. The number of hydrogen-bond donors (Lipinski definition) is 0. The second-order valence-corrected chi connectivity index (χ2v) is 11.1. The van der Waals surface area contributed by atoms with Crippen LogP contribution in [0.3, 0.4) is 0 Å². The molecule has 5 nitrogen and oxygen atoms in total. The van der Waals surface area contributed by atoms with E-state index in [2.05, 4.69) is 48.6 Å². The van der Waals surface area contributed by atoms with E-state index in [1.807, 2.05) is 84.9 Å². The molecular weight excluding hydrogens is 542 g/mol. The van der Waals surface area contributed by atoms with Gasteiger partial charge in [-0.25, -0.2) is 15.0 Å². The van der Waals surface area contributed by atoms with Crippen molar-refractivity contribution in [3.05, 3.63) is 150 Å². The van der Waals surface area contributed by atoms with Crippen molar-refractivity contribution in [1.82, 2.24) is 15.0 Å². The van der Waals surface area contributed by atoms with Gasteiger partial charge in [-0.15, -0.1) is 0 Å². The molecule has 0 spiro atoms. The maximum atomic E-state index is 6.59. The SMILES string of the molecule is C1=CC(c2ccc3oc4ccccc4c3c2-c2nc(-c3ccccc3)nc(-c3ccccc3)n2)=C2Oc3ccccc3C2C1. The molecule has 0 amide bonds. The highest BCUT2D eigenvalue weighted by Crippen LogP contribution is 2.50. The van der Waals surface area contributed by atoms with Crippen LogP contribution >= 0.6 is 0 Å². The number of furan rings is 1. The third-order valence-corrected chi connectivity index (χ3v) is 8.51. The second-order valence-electron chi connectivity index (χ2n) is 11.1. The lowest BCUT2D eigenvalue weighted by molar-refractivity contribution is 0.429. The molecule has 9 rings (SSSR count). The van der Waals surface area contributed by atoms with Crippen molar-refractivity contribution in [2.24, 2.45) is 0 Å². The van der Waals surface area contributed by atoms with Crippen molar-refractivity contribution in [3.8, 4) is 39.9 Å². The molecule has 7 aromatic rings. The zero-order valence-electron chi connectivity index (χ0n) is 23.6. The topological polar surface area (TPSA) is 61.0 Å². The number of allylic oxidation sites excluding steroid dienone is 4. The molecule has 1 atom stereocenters. The van der Waals surface area contributed by atoms with Gasteiger partial charge < -0.3 is 9.15 Å². The average molecular weight is 568 g/mol. The molecule has 3 heterocycles. The van der Waals surface area contributed by atoms with Gasteiger partial charge in [0.05, 0.1) is 0 Å². The number of aromatic nitrogens is 3. The van der Waals surface area contributed by atoms with Crippen molar-refractivity contribution >= 4 is 27.5 Å². The molecule has 5 heteroatoms. The predicted molar refractivity (Wildman–Crippen MR) is 174 cm³/mol. The first-order valence-corrected chi connectivity index (χ1v) is 14.8. The molecule has 0 saturated carbocycles. The lowest BCUT2D eigenvalue weighted by Crippen LogP contribution is -2.07. The Balaban J connectivity index is 1.37. The monoisotopic (exact) mass is 567 g/mol. The largest absolute Gasteiger partial charge is 0.460 e. The van der Waals surface area contributed by atoms with Gasteiger partial charge in [0.15, 0.2) is 17.5 Å². The summed E-state index contributed by atoms with van der Waals surface area (Å²) in [5.74, 6) is 3.86. The molecule has 0 fully saturated rings. The summed E-state index contributed by atoms with van der Waals surface area (Å²) in [4.78, 5) is 15.3. The molecule has 0 N–H and O–H groups in total. The van der Waals surface area contributed by atoms with Crippen LogP contribution in [0, 0.1) is 0 Å². The Hall–Kier alpha value is -5.81. The Morgan fingerprint density at radius 2 is 1.25 bits per heavy atom. The maximum Gasteiger partial charge on any atom is 0.165 e. The molecule has 0 saturated heterocycles. The number of rotatable bonds is 4. The molecule has 2 aromatic heterocycles. The summed E-state index contributed by atoms with van der Waals surface area (Å²) in [6, 6.07) is 40.8. The summed E-state index contributed by atoms with van der Waals surface area (Å²) in [6.45, 7) is 0. The highest BCUT2D eigenvalue weighted by atomic mass is 16.5. The molecule has 0 bridgehead atoms. The Labute approximate surface area is 253 Å². The van der Waals surface area contributed by atoms with Crippen LogP contribution in [-0.2, 0) is 0 Å². The van der Waals surface area contributed by atoms with Crippen molar-refractivity contribution in [1.29, 1.82) is 0 Å². The summed E-state index contributed by atoms with van der Waals surface area (Å²) >= 11 is 0. The van der Waals surface area contributed by atoms with Crippen LogP contribution in [0.1, 0.15) is 23.5 Å². The normalized spacial score (nSPS) is 15.4. The van der Waals surface area contributed by atoms with Crippen molar-refractivity contribution in [2.75, 3.05) is 0 Å². The lowest BCUT2D eigenvalue weighted by atomic mass is 9.85. The molecule has 44 heavy (non-hydrogen) atoms. The van der Waals surface area contributed by atoms with Crippen LogP contribution in [0.15, 0.2) is 144 Å². The van der Waals surface area contributed by atoms with Crippen LogP contribution in [0.4, 0.5) is 0 Å². The first-order valence-electron chi connectivity index (χ1n) is 14.8. The van der Waals surface area contributed by atoms with Gasteiger partial charge in [0.25, 0.3) is 0 Å². The Kier molecular flexibility index (Phi) is 5.56. The van der Waals surface area contributed by atoms with E-state index >= 15 is 0 Å². The summed E-state index contributed by atoms with van der Waals surface area (Å²) in [5.41, 5.74) is 7.60. The van der Waals surface area contributed by atoms with Gasteiger partial charge in [-0.05, 0) is 36.2 Å². The number of ether oxygens (including phenoxy) is 1. The molecule has 5 aromatic carbocycles. The summed E-state index contributed by atoms with van der Waals surface area (Å²) in [5, 5.41) is 1.99. The van der Waals surface area contributed by atoms with Gasteiger partial charge in [-0.2, -0.15) is 0 Å². The minimum atomic E-state index is 0.161. The lowest BCUT2D eigenvalue weighted by Gasteiger charge is -2.20. The van der Waals surface area contributed by atoms with Gasteiger partial charge in [0.1, 0.15) is 22.7 Å². The summed E-state index contributed by atoms with van der Waals surface area (Å²) < 4.78 is 13.0. The highest BCUT2D eigenvalue weighted by molar-refractivity contribution is 6.14. The Morgan fingerprint density at radius 3 is 2.02 bits per heavy atom. The van der Waals surface area contributed by atoms with Crippen molar-refractivity contribution in [2.45, 2.75) is 12.3 Å². The minimum absolute atomic E-state index is 0.161. The Bertz CT molecular complexity index is 2230. The maximum absolute atomic E-state index is 6.59.